The highest BCUT2D eigenvalue weighted by Gasteiger charge is 2.32. The van der Waals surface area contributed by atoms with Crippen LogP contribution in [0.5, 0.6) is 0 Å². The Morgan fingerprint density at radius 2 is 1.86 bits per heavy atom. The Kier molecular flexibility index (Phi) is 8.09. The van der Waals surface area contributed by atoms with Crippen LogP contribution >= 0.6 is 0 Å². The standard InChI is InChI=1S/C19H26F2N2O5S/c1-12(28-11-14-6-4-3-5-7-14)18(22-13(2)24)19(25)23-29(26,27)17-9-8-15(20)10-16(17)21/h8-10,12,14,18H,3-7,11H2,1-2H3,(H,22,24)(H,23,25)/t12-,18+/m1/s1. The van der Waals surface area contributed by atoms with E-state index in [1.165, 1.54) is 13.3 Å². The van der Waals surface area contributed by atoms with E-state index in [0.29, 0.717) is 18.6 Å². The minimum Gasteiger partial charge on any atom is -0.376 e. The van der Waals surface area contributed by atoms with Crippen LogP contribution in [-0.4, -0.2) is 39.0 Å². The molecule has 1 fully saturated rings. The zero-order chi connectivity index (χ0) is 21.6. The summed E-state index contributed by atoms with van der Waals surface area (Å²) in [6.07, 6.45) is 4.62. The molecule has 2 atom stereocenters. The Labute approximate surface area is 169 Å². The summed E-state index contributed by atoms with van der Waals surface area (Å²) in [6.45, 7) is 3.13. The molecule has 29 heavy (non-hydrogen) atoms. The average Bonchev–Trinajstić information content (AvgIpc) is 2.64. The first-order valence-corrected chi connectivity index (χ1v) is 11.0. The number of hydrogen-bond acceptors (Lipinski definition) is 5. The second kappa shape index (κ2) is 10.1. The third-order valence-corrected chi connectivity index (χ3v) is 6.23. The van der Waals surface area contributed by atoms with Gasteiger partial charge in [-0.3, -0.25) is 9.59 Å². The van der Waals surface area contributed by atoms with Gasteiger partial charge in [0.05, 0.1) is 6.10 Å². The molecule has 162 valence electrons. The van der Waals surface area contributed by atoms with Crippen LogP contribution in [0.4, 0.5) is 8.78 Å². The first-order chi connectivity index (χ1) is 13.6. The summed E-state index contributed by atoms with van der Waals surface area (Å²) in [4.78, 5) is 23.2. The molecular formula is C19H26F2N2O5S. The lowest BCUT2D eigenvalue weighted by Crippen LogP contribution is -2.54. The third kappa shape index (κ3) is 6.74. The van der Waals surface area contributed by atoms with E-state index in [-0.39, 0.29) is 0 Å². The second-order valence-corrected chi connectivity index (χ2v) is 8.92. The molecule has 2 N–H and O–H groups in total. The third-order valence-electron chi connectivity index (χ3n) is 4.85. The molecule has 1 aliphatic carbocycles. The molecule has 0 spiro atoms. The van der Waals surface area contributed by atoms with Crippen LogP contribution in [0, 0.1) is 17.6 Å². The minimum atomic E-state index is -4.60. The number of rotatable bonds is 8. The van der Waals surface area contributed by atoms with Gasteiger partial charge in [0.1, 0.15) is 22.6 Å². The monoisotopic (exact) mass is 432 g/mol. The van der Waals surface area contributed by atoms with Gasteiger partial charge >= 0.3 is 0 Å². The van der Waals surface area contributed by atoms with E-state index in [1.807, 2.05) is 0 Å². The molecule has 0 aliphatic heterocycles. The predicted molar refractivity (Wildman–Crippen MR) is 101 cm³/mol. The van der Waals surface area contributed by atoms with Crippen LogP contribution in [0.25, 0.3) is 0 Å². The smallest absolute Gasteiger partial charge is 0.267 e. The fourth-order valence-electron chi connectivity index (χ4n) is 3.30. The first kappa shape index (κ1) is 23.2. The van der Waals surface area contributed by atoms with E-state index in [2.05, 4.69) is 5.32 Å². The van der Waals surface area contributed by atoms with Crippen LogP contribution in [-0.2, 0) is 24.3 Å². The number of hydrogen-bond donors (Lipinski definition) is 2. The van der Waals surface area contributed by atoms with E-state index in [4.69, 9.17) is 4.74 Å². The van der Waals surface area contributed by atoms with Crippen molar-refractivity contribution in [1.29, 1.82) is 0 Å². The Morgan fingerprint density at radius 1 is 1.21 bits per heavy atom. The van der Waals surface area contributed by atoms with Crippen LogP contribution in [0.1, 0.15) is 46.0 Å². The quantitative estimate of drug-likeness (QED) is 0.656. The maximum atomic E-state index is 13.8. The maximum absolute atomic E-state index is 13.8. The van der Waals surface area contributed by atoms with Crippen molar-refractivity contribution in [3.8, 4) is 0 Å². The fourth-order valence-corrected chi connectivity index (χ4v) is 4.36. The second-order valence-electron chi connectivity index (χ2n) is 7.27. The number of ether oxygens (including phenoxy) is 1. The van der Waals surface area contributed by atoms with E-state index in [0.717, 1.165) is 37.8 Å². The first-order valence-electron chi connectivity index (χ1n) is 9.50. The molecule has 1 aromatic carbocycles. The molecule has 7 nitrogen and oxygen atoms in total. The Morgan fingerprint density at radius 3 is 2.45 bits per heavy atom. The molecule has 0 saturated heterocycles. The molecule has 2 rings (SSSR count). The van der Waals surface area contributed by atoms with Crippen molar-refractivity contribution in [3.63, 3.8) is 0 Å². The molecule has 0 bridgehead atoms. The highest BCUT2D eigenvalue weighted by atomic mass is 32.2. The van der Waals surface area contributed by atoms with Crippen molar-refractivity contribution < 1.29 is 31.5 Å². The van der Waals surface area contributed by atoms with Gasteiger partial charge in [-0.05, 0) is 37.8 Å². The van der Waals surface area contributed by atoms with Crippen molar-refractivity contribution in [3.05, 3.63) is 29.8 Å². The minimum absolute atomic E-state index is 0.351. The summed E-state index contributed by atoms with van der Waals surface area (Å²) in [6, 6.07) is 0.592. The molecule has 0 unspecified atom stereocenters. The van der Waals surface area contributed by atoms with Gasteiger partial charge in [0.15, 0.2) is 0 Å². The molecule has 1 aromatic rings. The van der Waals surface area contributed by atoms with Crippen molar-refractivity contribution in [2.75, 3.05) is 6.61 Å². The molecule has 1 saturated carbocycles. The normalized spacial score (nSPS) is 17.4. The predicted octanol–water partition coefficient (Wildman–Crippen LogP) is 2.26. The average molecular weight is 432 g/mol. The number of amides is 2. The van der Waals surface area contributed by atoms with Gasteiger partial charge in [-0.25, -0.2) is 21.9 Å². The summed E-state index contributed by atoms with van der Waals surface area (Å²) in [5, 5.41) is 2.37. The van der Waals surface area contributed by atoms with Gasteiger partial charge in [-0.1, -0.05) is 19.3 Å². The molecule has 0 heterocycles. The number of sulfonamides is 1. The summed E-state index contributed by atoms with van der Waals surface area (Å²) in [7, 11) is -4.60. The van der Waals surface area contributed by atoms with Gasteiger partial charge in [-0.2, -0.15) is 0 Å². The maximum Gasteiger partial charge on any atom is 0.267 e. The van der Waals surface area contributed by atoms with Gasteiger partial charge in [0, 0.05) is 19.6 Å². The van der Waals surface area contributed by atoms with Crippen molar-refractivity contribution in [2.45, 2.75) is 63.0 Å². The Bertz CT molecular complexity index is 841. The van der Waals surface area contributed by atoms with Crippen molar-refractivity contribution in [2.24, 2.45) is 5.92 Å². The topological polar surface area (TPSA) is 102 Å². The fraction of sp³-hybridized carbons (Fsp3) is 0.579. The lowest BCUT2D eigenvalue weighted by atomic mass is 9.90. The molecule has 1 aliphatic rings. The van der Waals surface area contributed by atoms with Gasteiger partial charge in [0.25, 0.3) is 15.9 Å². The summed E-state index contributed by atoms with van der Waals surface area (Å²) < 4.78 is 59.0. The molecule has 2 amide bonds. The molecular weight excluding hydrogens is 406 g/mol. The van der Waals surface area contributed by atoms with Crippen LogP contribution in [0.2, 0.25) is 0 Å². The summed E-state index contributed by atoms with van der Waals surface area (Å²) in [5.41, 5.74) is 0. The van der Waals surface area contributed by atoms with E-state index in [9.17, 15) is 26.8 Å². The SMILES string of the molecule is CC(=O)N[C@H](C(=O)NS(=O)(=O)c1ccc(F)cc1F)[C@@H](C)OCC1CCCCC1. The number of benzene rings is 1. The van der Waals surface area contributed by atoms with E-state index < -0.39 is 50.5 Å². The van der Waals surface area contributed by atoms with E-state index >= 15 is 0 Å². The Balaban J connectivity index is 2.09. The zero-order valence-electron chi connectivity index (χ0n) is 16.4. The van der Waals surface area contributed by atoms with Crippen LogP contribution < -0.4 is 10.0 Å². The van der Waals surface area contributed by atoms with Gasteiger partial charge in [-0.15, -0.1) is 0 Å². The lowest BCUT2D eigenvalue weighted by Gasteiger charge is -2.27. The zero-order valence-corrected chi connectivity index (χ0v) is 17.2. The van der Waals surface area contributed by atoms with Crippen LogP contribution in [0.15, 0.2) is 23.1 Å². The van der Waals surface area contributed by atoms with Crippen LogP contribution in [0.3, 0.4) is 0 Å². The summed E-state index contributed by atoms with van der Waals surface area (Å²) >= 11 is 0. The van der Waals surface area contributed by atoms with Gasteiger partial charge < -0.3 is 10.1 Å². The number of carbonyl (C=O) groups excluding carboxylic acids is 2. The largest absolute Gasteiger partial charge is 0.376 e. The highest BCUT2D eigenvalue weighted by Crippen LogP contribution is 2.24. The highest BCUT2D eigenvalue weighted by molar-refractivity contribution is 7.90. The summed E-state index contributed by atoms with van der Waals surface area (Å²) in [5.74, 6) is -3.55. The number of carbonyl (C=O) groups is 2. The molecule has 10 heteroatoms. The number of halogens is 2. The van der Waals surface area contributed by atoms with Gasteiger partial charge in [0.2, 0.25) is 5.91 Å². The molecule has 0 aromatic heterocycles. The lowest BCUT2D eigenvalue weighted by molar-refractivity contribution is -0.131. The van der Waals surface area contributed by atoms with Crippen molar-refractivity contribution >= 4 is 21.8 Å². The number of nitrogens with one attached hydrogen (secondary N) is 2. The van der Waals surface area contributed by atoms with Crippen molar-refractivity contribution in [1.82, 2.24) is 10.0 Å². The molecule has 0 radical (unpaired) electrons. The van der Waals surface area contributed by atoms with E-state index in [1.54, 1.807) is 11.6 Å². The Hall–Kier alpha value is -2.07.